The fraction of sp³-hybridized carbons (Fsp3) is 0.357. The second-order valence-electron chi connectivity index (χ2n) is 4.97. The van der Waals surface area contributed by atoms with Crippen LogP contribution >= 0.6 is 11.3 Å². The fourth-order valence-electron chi connectivity index (χ4n) is 2.50. The van der Waals surface area contributed by atoms with E-state index >= 15 is 0 Å². The number of hydrogen-bond acceptors (Lipinski definition) is 5. The number of nitrogens with zero attached hydrogens (tertiary/aromatic N) is 2. The molecule has 0 atom stereocenters. The van der Waals surface area contributed by atoms with Crippen LogP contribution in [0.4, 0.5) is 10.8 Å². The summed E-state index contributed by atoms with van der Waals surface area (Å²) < 4.78 is 0. The van der Waals surface area contributed by atoms with E-state index in [1.165, 1.54) is 31.7 Å². The smallest absolute Gasteiger partial charge is 0.270 e. The number of benzene rings is 1. The third-order valence-corrected chi connectivity index (χ3v) is 4.31. The summed E-state index contributed by atoms with van der Waals surface area (Å²) in [7, 11) is 0. The van der Waals surface area contributed by atoms with Gasteiger partial charge in [-0.15, -0.1) is 11.3 Å². The first kappa shape index (κ1) is 13.1. The van der Waals surface area contributed by atoms with Crippen LogP contribution in [0.1, 0.15) is 25.7 Å². The van der Waals surface area contributed by atoms with E-state index in [1.807, 2.05) is 11.4 Å². The Kier molecular flexibility index (Phi) is 3.64. The minimum absolute atomic E-state index is 0.0980. The lowest BCUT2D eigenvalue weighted by atomic mass is 10.1. The van der Waals surface area contributed by atoms with Gasteiger partial charge in [0.25, 0.3) is 5.69 Å². The van der Waals surface area contributed by atoms with Crippen molar-refractivity contribution in [3.05, 3.63) is 39.8 Å². The molecule has 1 aromatic carbocycles. The molecule has 0 spiro atoms. The normalized spacial score (nSPS) is 15.4. The van der Waals surface area contributed by atoms with Crippen molar-refractivity contribution in [3.63, 3.8) is 0 Å². The summed E-state index contributed by atoms with van der Waals surface area (Å²) in [6, 6.07) is 7.12. The van der Waals surface area contributed by atoms with Crippen LogP contribution in [-0.4, -0.2) is 15.9 Å². The van der Waals surface area contributed by atoms with Crippen molar-refractivity contribution in [3.8, 4) is 11.3 Å². The summed E-state index contributed by atoms with van der Waals surface area (Å²) in [6.45, 7) is 0. The minimum atomic E-state index is -0.381. The molecule has 3 rings (SSSR count). The maximum absolute atomic E-state index is 10.8. The molecule has 0 saturated heterocycles. The van der Waals surface area contributed by atoms with Crippen molar-refractivity contribution < 1.29 is 4.92 Å². The third kappa shape index (κ3) is 2.80. The van der Waals surface area contributed by atoms with Gasteiger partial charge in [-0.05, 0) is 12.8 Å². The SMILES string of the molecule is O=[N+]([O-])c1cccc(-c2csc(NC3CCCC3)n2)c1. The third-order valence-electron chi connectivity index (χ3n) is 3.54. The predicted octanol–water partition coefficient (Wildman–Crippen LogP) is 4.07. The second kappa shape index (κ2) is 5.58. The highest BCUT2D eigenvalue weighted by molar-refractivity contribution is 7.14. The quantitative estimate of drug-likeness (QED) is 0.680. The molecule has 5 nitrogen and oxygen atoms in total. The van der Waals surface area contributed by atoms with E-state index in [4.69, 9.17) is 0 Å². The Morgan fingerprint density at radius 2 is 2.15 bits per heavy atom. The molecule has 0 unspecified atom stereocenters. The van der Waals surface area contributed by atoms with Crippen molar-refractivity contribution in [2.24, 2.45) is 0 Å². The molecular weight excluding hydrogens is 274 g/mol. The Hall–Kier alpha value is -1.95. The molecule has 1 aromatic heterocycles. The summed E-state index contributed by atoms with van der Waals surface area (Å²) in [5, 5.41) is 17.1. The summed E-state index contributed by atoms with van der Waals surface area (Å²) >= 11 is 1.55. The molecule has 0 bridgehead atoms. The van der Waals surface area contributed by atoms with Crippen molar-refractivity contribution in [1.29, 1.82) is 0 Å². The lowest BCUT2D eigenvalue weighted by molar-refractivity contribution is -0.384. The Morgan fingerprint density at radius 3 is 2.90 bits per heavy atom. The average molecular weight is 289 g/mol. The van der Waals surface area contributed by atoms with E-state index in [0.29, 0.717) is 6.04 Å². The zero-order valence-electron chi connectivity index (χ0n) is 10.9. The van der Waals surface area contributed by atoms with Crippen molar-refractivity contribution >= 4 is 22.2 Å². The van der Waals surface area contributed by atoms with Gasteiger partial charge in [-0.3, -0.25) is 10.1 Å². The van der Waals surface area contributed by atoms with Crippen molar-refractivity contribution in [1.82, 2.24) is 4.98 Å². The van der Waals surface area contributed by atoms with Crippen molar-refractivity contribution in [2.75, 3.05) is 5.32 Å². The van der Waals surface area contributed by atoms with Crippen LogP contribution in [0.5, 0.6) is 0 Å². The highest BCUT2D eigenvalue weighted by Gasteiger charge is 2.16. The number of aromatic nitrogens is 1. The lowest BCUT2D eigenvalue weighted by Crippen LogP contribution is -2.13. The first-order chi connectivity index (χ1) is 9.72. The molecule has 1 N–H and O–H groups in total. The average Bonchev–Trinajstić information content (AvgIpc) is 3.11. The molecule has 1 saturated carbocycles. The van der Waals surface area contributed by atoms with Gasteiger partial charge in [0.2, 0.25) is 0 Å². The zero-order valence-corrected chi connectivity index (χ0v) is 11.7. The predicted molar refractivity (Wildman–Crippen MR) is 80.1 cm³/mol. The van der Waals surface area contributed by atoms with Gasteiger partial charge in [0, 0.05) is 29.1 Å². The van der Waals surface area contributed by atoms with E-state index in [9.17, 15) is 10.1 Å². The van der Waals surface area contributed by atoms with Gasteiger partial charge in [-0.2, -0.15) is 0 Å². The number of hydrogen-bond donors (Lipinski definition) is 1. The molecule has 6 heteroatoms. The molecule has 0 amide bonds. The molecule has 1 aliphatic carbocycles. The fourth-order valence-corrected chi connectivity index (χ4v) is 3.29. The van der Waals surface area contributed by atoms with Gasteiger partial charge < -0.3 is 5.32 Å². The van der Waals surface area contributed by atoms with Crippen LogP contribution in [-0.2, 0) is 0 Å². The Labute approximate surface area is 120 Å². The molecule has 0 radical (unpaired) electrons. The van der Waals surface area contributed by atoms with Crippen LogP contribution in [0, 0.1) is 10.1 Å². The molecular formula is C14H15N3O2S. The van der Waals surface area contributed by atoms with E-state index in [1.54, 1.807) is 23.5 Å². The van der Waals surface area contributed by atoms with Gasteiger partial charge in [-0.1, -0.05) is 25.0 Å². The monoisotopic (exact) mass is 289 g/mol. The molecule has 104 valence electrons. The highest BCUT2D eigenvalue weighted by Crippen LogP contribution is 2.29. The van der Waals surface area contributed by atoms with E-state index < -0.39 is 0 Å². The van der Waals surface area contributed by atoms with Gasteiger partial charge in [0.15, 0.2) is 5.13 Å². The van der Waals surface area contributed by atoms with Gasteiger partial charge in [0.1, 0.15) is 0 Å². The number of nitrogens with one attached hydrogen (secondary N) is 1. The molecule has 20 heavy (non-hydrogen) atoms. The maximum Gasteiger partial charge on any atom is 0.270 e. The Balaban J connectivity index is 1.78. The largest absolute Gasteiger partial charge is 0.359 e. The number of rotatable bonds is 4. The van der Waals surface area contributed by atoms with Crippen LogP contribution in [0.2, 0.25) is 0 Å². The lowest BCUT2D eigenvalue weighted by Gasteiger charge is -2.09. The van der Waals surface area contributed by atoms with Crippen LogP contribution in [0.25, 0.3) is 11.3 Å². The van der Waals surface area contributed by atoms with E-state index in [-0.39, 0.29) is 10.6 Å². The molecule has 2 aromatic rings. The van der Waals surface area contributed by atoms with Gasteiger partial charge >= 0.3 is 0 Å². The zero-order chi connectivity index (χ0) is 13.9. The molecule has 1 heterocycles. The number of thiazole rings is 1. The first-order valence-electron chi connectivity index (χ1n) is 6.69. The van der Waals surface area contributed by atoms with Crippen LogP contribution < -0.4 is 5.32 Å². The number of non-ortho nitro benzene ring substituents is 1. The maximum atomic E-state index is 10.8. The summed E-state index contributed by atoms with van der Waals surface area (Å²) in [5.41, 5.74) is 1.68. The topological polar surface area (TPSA) is 68.1 Å². The van der Waals surface area contributed by atoms with Crippen molar-refractivity contribution in [2.45, 2.75) is 31.7 Å². The highest BCUT2D eigenvalue weighted by atomic mass is 32.1. The van der Waals surface area contributed by atoms with Gasteiger partial charge in [-0.25, -0.2) is 4.98 Å². The summed E-state index contributed by atoms with van der Waals surface area (Å²) in [5.74, 6) is 0. The Morgan fingerprint density at radius 1 is 1.35 bits per heavy atom. The first-order valence-corrected chi connectivity index (χ1v) is 7.57. The van der Waals surface area contributed by atoms with Gasteiger partial charge in [0.05, 0.1) is 10.6 Å². The van der Waals surface area contributed by atoms with E-state index in [0.717, 1.165) is 16.4 Å². The standard InChI is InChI=1S/C14H15N3O2S/c18-17(19)12-7-3-4-10(8-12)13-9-20-14(16-13)15-11-5-1-2-6-11/h3-4,7-9,11H,1-2,5-6H2,(H,15,16). The minimum Gasteiger partial charge on any atom is -0.359 e. The number of nitro benzene ring substituents is 1. The number of anilines is 1. The van der Waals surface area contributed by atoms with Crippen LogP contribution in [0.3, 0.4) is 0 Å². The Bertz CT molecular complexity index is 620. The summed E-state index contributed by atoms with van der Waals surface area (Å²) in [4.78, 5) is 14.9. The summed E-state index contributed by atoms with van der Waals surface area (Å²) in [6.07, 6.45) is 4.96. The van der Waals surface area contributed by atoms with E-state index in [2.05, 4.69) is 10.3 Å². The molecule has 1 aliphatic rings. The second-order valence-corrected chi connectivity index (χ2v) is 5.83. The molecule has 1 fully saturated rings. The molecule has 0 aliphatic heterocycles. The van der Waals surface area contributed by atoms with Crippen LogP contribution in [0.15, 0.2) is 29.6 Å². The number of nitro groups is 1.